The first-order chi connectivity index (χ1) is 8.68. The molecule has 0 amide bonds. The molecule has 1 heterocycles. The van der Waals surface area contributed by atoms with E-state index in [1.54, 1.807) is 12.1 Å². The number of nitrogens with one attached hydrogen (secondary N) is 1. The van der Waals surface area contributed by atoms with E-state index in [0.717, 1.165) is 17.8 Å². The van der Waals surface area contributed by atoms with Crippen LogP contribution in [0.15, 0.2) is 18.2 Å². The minimum absolute atomic E-state index is 0.387. The summed E-state index contributed by atoms with van der Waals surface area (Å²) in [5, 5.41) is 12.5. The maximum absolute atomic E-state index is 11.0. The number of hydrogen-bond donors (Lipinski definition) is 2. The zero-order valence-electron chi connectivity index (χ0n) is 10.6. The summed E-state index contributed by atoms with van der Waals surface area (Å²) in [6, 6.07) is 5.41. The van der Waals surface area contributed by atoms with Gasteiger partial charge in [0.2, 0.25) is 0 Å². The minimum Gasteiger partial charge on any atom is -0.478 e. The zero-order chi connectivity index (χ0) is 13.0. The molecule has 0 aromatic heterocycles. The van der Waals surface area contributed by atoms with Gasteiger partial charge in [0.15, 0.2) is 0 Å². The quantitative estimate of drug-likeness (QED) is 0.877. The maximum Gasteiger partial charge on any atom is 0.336 e. The molecule has 0 saturated carbocycles. The molecule has 1 saturated heterocycles. The molecule has 0 spiro atoms. The molecule has 1 aliphatic heterocycles. The van der Waals surface area contributed by atoms with Crippen LogP contribution in [-0.4, -0.2) is 29.1 Å². The number of rotatable bonds is 4. The molecule has 1 atom stereocenters. The highest BCUT2D eigenvalue weighted by molar-refractivity contribution is 7.99. The third-order valence-electron chi connectivity index (χ3n) is 3.40. The van der Waals surface area contributed by atoms with Crippen LogP contribution in [0.3, 0.4) is 0 Å². The molecule has 0 bridgehead atoms. The van der Waals surface area contributed by atoms with Gasteiger partial charge in [0.05, 0.1) is 5.56 Å². The first kappa shape index (κ1) is 13.3. The number of carboxylic acids is 1. The third-order valence-corrected chi connectivity index (χ3v) is 4.68. The van der Waals surface area contributed by atoms with Crippen LogP contribution >= 0.6 is 11.8 Å². The molecule has 2 N–H and O–H groups in total. The Kier molecular flexibility index (Phi) is 4.53. The lowest BCUT2D eigenvalue weighted by Crippen LogP contribution is -2.20. The second-order valence-electron chi connectivity index (χ2n) is 4.75. The smallest absolute Gasteiger partial charge is 0.336 e. The van der Waals surface area contributed by atoms with Crippen LogP contribution in [0.1, 0.15) is 28.8 Å². The molecule has 1 aromatic rings. The first-order valence-electron chi connectivity index (χ1n) is 6.33. The van der Waals surface area contributed by atoms with E-state index in [9.17, 15) is 4.79 Å². The first-order valence-corrected chi connectivity index (χ1v) is 7.48. The second kappa shape index (κ2) is 6.14. The van der Waals surface area contributed by atoms with Crippen LogP contribution in [0, 0.1) is 12.8 Å². The topological polar surface area (TPSA) is 49.3 Å². The summed E-state index contributed by atoms with van der Waals surface area (Å²) in [5.41, 5.74) is 2.16. The van der Waals surface area contributed by atoms with Gasteiger partial charge in [-0.3, -0.25) is 0 Å². The average molecular weight is 265 g/mol. The number of carbonyl (C=O) groups is 1. The van der Waals surface area contributed by atoms with Gasteiger partial charge in [0.1, 0.15) is 0 Å². The Balaban J connectivity index is 2.00. The molecule has 1 fully saturated rings. The van der Waals surface area contributed by atoms with E-state index in [1.165, 1.54) is 24.3 Å². The predicted molar refractivity (Wildman–Crippen MR) is 76.7 cm³/mol. The number of benzene rings is 1. The van der Waals surface area contributed by atoms with Gasteiger partial charge < -0.3 is 10.4 Å². The van der Waals surface area contributed by atoms with E-state index in [1.807, 2.05) is 24.8 Å². The van der Waals surface area contributed by atoms with E-state index in [-0.39, 0.29) is 0 Å². The highest BCUT2D eigenvalue weighted by atomic mass is 32.2. The third kappa shape index (κ3) is 3.19. The molecule has 2 rings (SSSR count). The van der Waals surface area contributed by atoms with Gasteiger partial charge in [-0.15, -0.1) is 0 Å². The van der Waals surface area contributed by atoms with Crippen molar-refractivity contribution < 1.29 is 9.90 Å². The van der Waals surface area contributed by atoms with Crippen molar-refractivity contribution >= 4 is 23.4 Å². The van der Waals surface area contributed by atoms with Crippen LogP contribution in [0.25, 0.3) is 0 Å². The molecular weight excluding hydrogens is 246 g/mol. The lowest BCUT2D eigenvalue weighted by molar-refractivity contribution is 0.0696. The van der Waals surface area contributed by atoms with E-state index >= 15 is 0 Å². The lowest BCUT2D eigenvalue weighted by atomic mass is 10.0. The predicted octanol–water partition coefficient (Wildman–Crippen LogP) is 3.25. The lowest BCUT2D eigenvalue weighted by Gasteiger charge is -2.22. The van der Waals surface area contributed by atoms with Crippen LogP contribution in [0.2, 0.25) is 0 Å². The van der Waals surface area contributed by atoms with Crippen LogP contribution in [0.5, 0.6) is 0 Å². The van der Waals surface area contributed by atoms with E-state index in [0.29, 0.717) is 11.5 Å². The molecular formula is C14H19NO2S. The van der Waals surface area contributed by atoms with Gasteiger partial charge in [-0.1, -0.05) is 6.07 Å². The summed E-state index contributed by atoms with van der Waals surface area (Å²) in [7, 11) is 0. The highest BCUT2D eigenvalue weighted by Crippen LogP contribution is 2.24. The molecule has 18 heavy (non-hydrogen) atoms. The normalized spacial score (nSPS) is 19.5. The number of aromatic carboxylic acids is 1. The van der Waals surface area contributed by atoms with Crippen LogP contribution in [-0.2, 0) is 0 Å². The van der Waals surface area contributed by atoms with Crippen molar-refractivity contribution in [3.8, 4) is 0 Å². The van der Waals surface area contributed by atoms with Gasteiger partial charge >= 0.3 is 5.97 Å². The van der Waals surface area contributed by atoms with Gasteiger partial charge in [-0.05, 0) is 54.9 Å². The van der Waals surface area contributed by atoms with E-state index in [2.05, 4.69) is 5.32 Å². The Hall–Kier alpha value is -1.16. The fraction of sp³-hybridized carbons (Fsp3) is 0.500. The number of thioether (sulfide) groups is 1. The Morgan fingerprint density at radius 1 is 1.56 bits per heavy atom. The van der Waals surface area contributed by atoms with Crippen molar-refractivity contribution in [1.82, 2.24) is 0 Å². The number of carboxylic acid groups (broad SMARTS) is 1. The molecule has 1 unspecified atom stereocenters. The SMILES string of the molecule is Cc1c(NCC2CCCSC2)cccc1C(=O)O. The number of hydrogen-bond acceptors (Lipinski definition) is 3. The van der Waals surface area contributed by atoms with Crippen LogP contribution < -0.4 is 5.32 Å². The van der Waals surface area contributed by atoms with Crippen LogP contribution in [0.4, 0.5) is 5.69 Å². The van der Waals surface area contributed by atoms with Crippen molar-refractivity contribution in [2.45, 2.75) is 19.8 Å². The van der Waals surface area contributed by atoms with E-state index < -0.39 is 5.97 Å². The second-order valence-corrected chi connectivity index (χ2v) is 5.90. The van der Waals surface area contributed by atoms with Crippen molar-refractivity contribution in [2.75, 3.05) is 23.4 Å². The largest absolute Gasteiger partial charge is 0.478 e. The Labute approximate surface area is 112 Å². The fourth-order valence-corrected chi connectivity index (χ4v) is 3.44. The van der Waals surface area contributed by atoms with Gasteiger partial charge in [-0.2, -0.15) is 11.8 Å². The Bertz CT molecular complexity index is 428. The molecule has 3 nitrogen and oxygen atoms in total. The van der Waals surface area contributed by atoms with Crippen molar-refractivity contribution in [1.29, 1.82) is 0 Å². The molecule has 98 valence electrons. The van der Waals surface area contributed by atoms with Crippen molar-refractivity contribution in [3.63, 3.8) is 0 Å². The maximum atomic E-state index is 11.0. The summed E-state index contributed by atoms with van der Waals surface area (Å²) in [4.78, 5) is 11.0. The standard InChI is InChI=1S/C14H19NO2S/c1-10-12(14(16)17)5-2-6-13(10)15-8-11-4-3-7-18-9-11/h2,5-6,11,15H,3-4,7-9H2,1H3,(H,16,17). The molecule has 4 heteroatoms. The summed E-state index contributed by atoms with van der Waals surface area (Å²) < 4.78 is 0. The molecule has 0 radical (unpaired) electrons. The molecule has 1 aromatic carbocycles. The molecule has 1 aliphatic rings. The summed E-state index contributed by atoms with van der Waals surface area (Å²) in [6.45, 7) is 2.80. The van der Waals surface area contributed by atoms with Gasteiger partial charge in [0.25, 0.3) is 0 Å². The fourth-order valence-electron chi connectivity index (χ4n) is 2.28. The average Bonchev–Trinajstić information content (AvgIpc) is 2.38. The summed E-state index contributed by atoms with van der Waals surface area (Å²) >= 11 is 2.02. The molecule has 0 aliphatic carbocycles. The minimum atomic E-state index is -0.857. The van der Waals surface area contributed by atoms with Gasteiger partial charge in [-0.25, -0.2) is 4.79 Å². The summed E-state index contributed by atoms with van der Waals surface area (Å²) in [6.07, 6.45) is 2.57. The van der Waals surface area contributed by atoms with Gasteiger partial charge in [0, 0.05) is 12.2 Å². The Morgan fingerprint density at radius 2 is 2.39 bits per heavy atom. The monoisotopic (exact) mass is 265 g/mol. The van der Waals surface area contributed by atoms with E-state index in [4.69, 9.17) is 5.11 Å². The van der Waals surface area contributed by atoms with Crippen molar-refractivity contribution in [3.05, 3.63) is 29.3 Å². The highest BCUT2D eigenvalue weighted by Gasteiger charge is 2.15. The zero-order valence-corrected chi connectivity index (χ0v) is 11.4. The summed E-state index contributed by atoms with van der Waals surface area (Å²) in [5.74, 6) is 2.34. The number of anilines is 1. The van der Waals surface area contributed by atoms with Crippen molar-refractivity contribution in [2.24, 2.45) is 5.92 Å². The Morgan fingerprint density at radius 3 is 3.06 bits per heavy atom.